The summed E-state index contributed by atoms with van der Waals surface area (Å²) >= 11 is 1.87. The predicted octanol–water partition coefficient (Wildman–Crippen LogP) is 11.7. The van der Waals surface area contributed by atoms with E-state index in [0.717, 1.165) is 0 Å². The molecule has 3 heteroatoms. The molecule has 7 aromatic carbocycles. The van der Waals surface area contributed by atoms with Crippen LogP contribution >= 0.6 is 11.8 Å². The number of hydrogen-bond acceptors (Lipinski definition) is 1. The lowest BCUT2D eigenvalue weighted by Crippen LogP contribution is -2.06. The summed E-state index contributed by atoms with van der Waals surface area (Å²) in [5.41, 5.74) is 11.1. The van der Waals surface area contributed by atoms with Crippen molar-refractivity contribution >= 4 is 55.4 Å². The summed E-state index contributed by atoms with van der Waals surface area (Å²) in [6.45, 7) is 0. The highest BCUT2D eigenvalue weighted by Crippen LogP contribution is 2.51. The monoisotopic (exact) mass is 590 g/mol. The van der Waals surface area contributed by atoms with Crippen LogP contribution < -0.4 is 0 Å². The average molecular weight is 591 g/mol. The highest BCUT2D eigenvalue weighted by atomic mass is 32.2. The van der Waals surface area contributed by atoms with Gasteiger partial charge >= 0.3 is 0 Å². The Bertz CT molecular complexity index is 2610. The first-order chi connectivity index (χ1) is 22.4. The van der Waals surface area contributed by atoms with Crippen LogP contribution in [0.15, 0.2) is 168 Å². The zero-order valence-corrected chi connectivity index (χ0v) is 25.1. The molecule has 2 nitrogen and oxygen atoms in total. The summed E-state index contributed by atoms with van der Waals surface area (Å²) in [5.74, 6) is 0. The first kappa shape index (κ1) is 24.9. The molecule has 0 atom stereocenters. The van der Waals surface area contributed by atoms with E-state index in [0.29, 0.717) is 0 Å². The second-order valence-corrected chi connectivity index (χ2v) is 12.8. The highest BCUT2D eigenvalue weighted by molar-refractivity contribution is 7.99. The second kappa shape index (κ2) is 9.49. The summed E-state index contributed by atoms with van der Waals surface area (Å²) in [5, 5.41) is 6.37. The number of nitrogens with zero attached hydrogens (tertiary/aromatic N) is 2. The molecule has 1 aliphatic rings. The zero-order chi connectivity index (χ0) is 29.5. The fourth-order valence-corrected chi connectivity index (χ4v) is 8.56. The van der Waals surface area contributed by atoms with Crippen molar-refractivity contribution in [2.45, 2.75) is 9.79 Å². The van der Waals surface area contributed by atoms with Gasteiger partial charge in [0, 0.05) is 31.3 Å². The maximum atomic E-state index is 2.53. The van der Waals surface area contributed by atoms with Gasteiger partial charge in [-0.25, -0.2) is 0 Å². The van der Waals surface area contributed by atoms with Crippen molar-refractivity contribution in [3.8, 4) is 33.6 Å². The zero-order valence-electron chi connectivity index (χ0n) is 24.3. The van der Waals surface area contributed by atoms with Crippen molar-refractivity contribution in [2.24, 2.45) is 0 Å². The van der Waals surface area contributed by atoms with E-state index in [4.69, 9.17) is 0 Å². The van der Waals surface area contributed by atoms with E-state index in [9.17, 15) is 0 Å². The third kappa shape index (κ3) is 3.47. The van der Waals surface area contributed by atoms with Gasteiger partial charge in [0.25, 0.3) is 0 Å². The molecule has 9 aromatic rings. The summed E-state index contributed by atoms with van der Waals surface area (Å²) in [4.78, 5) is 2.57. The van der Waals surface area contributed by atoms with Crippen LogP contribution in [0.5, 0.6) is 0 Å². The van der Waals surface area contributed by atoms with E-state index in [1.807, 2.05) is 11.8 Å². The molecule has 0 aliphatic carbocycles. The molecule has 0 saturated carbocycles. The standard InChI is InChI=1S/C42H26N2S/c1-3-13-27(14-4-1)29-25-26-34(32-18-8-7-17-31(29)32)43-36-22-11-19-30(28-15-5-2-6-16-28)39(36)40-33-20-12-24-38-41(33)44(42(40)43)35-21-9-10-23-37(35)45-38/h1-26H. The van der Waals surface area contributed by atoms with Crippen molar-refractivity contribution in [2.75, 3.05) is 0 Å². The Morgan fingerprint density at radius 3 is 1.84 bits per heavy atom. The lowest BCUT2D eigenvalue weighted by atomic mass is 9.97. The minimum atomic E-state index is 1.19. The first-order valence-electron chi connectivity index (χ1n) is 15.4. The Kier molecular flexibility index (Phi) is 5.25. The molecule has 0 unspecified atom stereocenters. The van der Waals surface area contributed by atoms with Gasteiger partial charge in [-0.3, -0.25) is 9.13 Å². The van der Waals surface area contributed by atoms with Crippen LogP contribution in [0, 0.1) is 0 Å². The van der Waals surface area contributed by atoms with Crippen LogP contribution in [0.3, 0.4) is 0 Å². The predicted molar refractivity (Wildman–Crippen MR) is 190 cm³/mol. The van der Waals surface area contributed by atoms with Gasteiger partial charge in [0.15, 0.2) is 0 Å². The number of fused-ring (bicyclic) bond motifs is 8. The van der Waals surface area contributed by atoms with Gasteiger partial charge < -0.3 is 0 Å². The molecule has 0 radical (unpaired) electrons. The number of para-hydroxylation sites is 2. The van der Waals surface area contributed by atoms with E-state index < -0.39 is 0 Å². The van der Waals surface area contributed by atoms with E-state index >= 15 is 0 Å². The molecule has 45 heavy (non-hydrogen) atoms. The van der Waals surface area contributed by atoms with Gasteiger partial charge in [-0.05, 0) is 58.0 Å². The fourth-order valence-electron chi connectivity index (χ4n) is 7.47. The number of rotatable bonds is 3. The summed E-state index contributed by atoms with van der Waals surface area (Å²) in [6.07, 6.45) is 0. The molecule has 0 amide bonds. The third-order valence-electron chi connectivity index (χ3n) is 9.31. The minimum Gasteiger partial charge on any atom is -0.294 e. The Morgan fingerprint density at radius 1 is 0.378 bits per heavy atom. The largest absolute Gasteiger partial charge is 0.294 e. The Morgan fingerprint density at radius 2 is 1.02 bits per heavy atom. The highest BCUT2D eigenvalue weighted by Gasteiger charge is 2.29. The molecule has 0 spiro atoms. The van der Waals surface area contributed by atoms with Crippen molar-refractivity contribution in [3.05, 3.63) is 158 Å². The van der Waals surface area contributed by atoms with E-state index in [2.05, 4.69) is 167 Å². The van der Waals surface area contributed by atoms with Crippen LogP contribution in [0.1, 0.15) is 0 Å². The Balaban J connectivity index is 1.43. The molecule has 0 N–H and O–H groups in total. The number of hydrogen-bond donors (Lipinski definition) is 0. The number of benzene rings is 7. The van der Waals surface area contributed by atoms with E-state index in [-0.39, 0.29) is 0 Å². The quantitative estimate of drug-likeness (QED) is 0.199. The molecule has 3 heterocycles. The molecular weight excluding hydrogens is 565 g/mol. The fraction of sp³-hybridized carbons (Fsp3) is 0. The van der Waals surface area contributed by atoms with Gasteiger partial charge in [0.05, 0.1) is 22.4 Å². The van der Waals surface area contributed by atoms with Crippen molar-refractivity contribution in [1.82, 2.24) is 9.13 Å². The molecule has 1 aliphatic heterocycles. The Hall–Kier alpha value is -5.51. The van der Waals surface area contributed by atoms with Crippen molar-refractivity contribution < 1.29 is 0 Å². The van der Waals surface area contributed by atoms with Crippen molar-refractivity contribution in [3.63, 3.8) is 0 Å². The molecule has 210 valence electrons. The molecule has 2 aromatic heterocycles. The van der Waals surface area contributed by atoms with Crippen LogP contribution in [-0.2, 0) is 0 Å². The smallest absolute Gasteiger partial charge is 0.131 e. The van der Waals surface area contributed by atoms with Gasteiger partial charge in [-0.1, -0.05) is 139 Å². The van der Waals surface area contributed by atoms with Gasteiger partial charge in [0.2, 0.25) is 0 Å². The first-order valence-corrected chi connectivity index (χ1v) is 16.2. The van der Waals surface area contributed by atoms with E-state index in [1.54, 1.807) is 0 Å². The minimum absolute atomic E-state index is 1.19. The normalized spacial score (nSPS) is 12.4. The maximum absolute atomic E-state index is 2.53. The molecule has 0 saturated heterocycles. The van der Waals surface area contributed by atoms with Crippen LogP contribution in [0.25, 0.3) is 77.2 Å². The van der Waals surface area contributed by atoms with Gasteiger partial charge in [0.1, 0.15) is 5.65 Å². The van der Waals surface area contributed by atoms with Crippen molar-refractivity contribution in [1.29, 1.82) is 0 Å². The molecule has 10 rings (SSSR count). The van der Waals surface area contributed by atoms with E-state index in [1.165, 1.54) is 87.0 Å². The maximum Gasteiger partial charge on any atom is 0.131 e. The lowest BCUT2D eigenvalue weighted by Gasteiger charge is -2.21. The lowest BCUT2D eigenvalue weighted by molar-refractivity contribution is 1.03. The Labute approximate surface area is 264 Å². The summed E-state index contributed by atoms with van der Waals surface area (Å²) in [6, 6.07) is 57.5. The van der Waals surface area contributed by atoms with Gasteiger partial charge in [-0.2, -0.15) is 0 Å². The topological polar surface area (TPSA) is 9.86 Å². The van der Waals surface area contributed by atoms with Crippen LogP contribution in [-0.4, -0.2) is 9.13 Å². The SMILES string of the molecule is c1ccc(-c2ccc(-n3c4cccc(-c5ccccc5)c4c4c5cccc6c5n(c43)-c3ccccc3S6)c3ccccc23)cc1. The molecular formula is C42H26N2S. The second-order valence-electron chi connectivity index (χ2n) is 11.7. The average Bonchev–Trinajstić information content (AvgIpc) is 3.63. The van der Waals surface area contributed by atoms with Crippen LogP contribution in [0.2, 0.25) is 0 Å². The van der Waals surface area contributed by atoms with Gasteiger partial charge in [-0.15, -0.1) is 0 Å². The molecule has 0 bridgehead atoms. The third-order valence-corrected chi connectivity index (χ3v) is 10.4. The molecule has 0 fully saturated rings. The van der Waals surface area contributed by atoms with Crippen LogP contribution in [0.4, 0.5) is 0 Å². The number of aromatic nitrogens is 2. The summed E-state index contributed by atoms with van der Waals surface area (Å²) < 4.78 is 5.06. The summed E-state index contributed by atoms with van der Waals surface area (Å²) in [7, 11) is 0.